The van der Waals surface area contributed by atoms with Crippen molar-refractivity contribution in [2.24, 2.45) is 0 Å². The molecule has 0 atom stereocenters. The largest absolute Gasteiger partial charge is 0.497 e. The molecular weight excluding hydrogens is 276 g/mol. The van der Waals surface area contributed by atoms with Crippen LogP contribution in [0.5, 0.6) is 5.75 Å². The van der Waals surface area contributed by atoms with Crippen molar-refractivity contribution in [3.8, 4) is 5.75 Å². The van der Waals surface area contributed by atoms with E-state index in [-0.39, 0.29) is 12.3 Å². The molecule has 0 saturated heterocycles. The number of rotatable bonds is 5. The highest BCUT2D eigenvalue weighted by Gasteiger charge is 2.18. The van der Waals surface area contributed by atoms with Gasteiger partial charge in [-0.1, -0.05) is 0 Å². The van der Waals surface area contributed by atoms with Gasteiger partial charge in [0.2, 0.25) is 6.20 Å². The van der Waals surface area contributed by atoms with Gasteiger partial charge in [0.15, 0.2) is 0 Å². The molecule has 1 heterocycles. The number of benzene rings is 1. The quantitative estimate of drug-likeness (QED) is 0.519. The number of esters is 1. The Morgan fingerprint density at radius 1 is 1.48 bits per heavy atom. The molecule has 7 heteroatoms. The molecule has 1 aromatic heterocycles. The van der Waals surface area contributed by atoms with Crippen LogP contribution >= 0.6 is 0 Å². The van der Waals surface area contributed by atoms with Gasteiger partial charge in [0.25, 0.3) is 0 Å². The molecule has 1 aromatic carbocycles. The third-order valence-electron chi connectivity index (χ3n) is 2.89. The average molecular weight is 290 g/mol. The molecule has 0 radical (unpaired) electrons. The van der Waals surface area contributed by atoms with E-state index in [4.69, 9.17) is 9.47 Å². The van der Waals surface area contributed by atoms with Crippen molar-refractivity contribution in [3.05, 3.63) is 45.8 Å². The summed E-state index contributed by atoms with van der Waals surface area (Å²) in [6.45, 7) is 1.91. The highest BCUT2D eigenvalue weighted by Crippen LogP contribution is 2.28. The van der Waals surface area contributed by atoms with Crippen molar-refractivity contribution in [3.63, 3.8) is 0 Å². The van der Waals surface area contributed by atoms with Gasteiger partial charge in [-0.25, -0.2) is 4.79 Å². The Labute approximate surface area is 120 Å². The fraction of sp³-hybridized carbons (Fsp3) is 0.214. The Morgan fingerprint density at radius 3 is 2.86 bits per heavy atom. The number of ether oxygens (including phenoxy) is 2. The minimum atomic E-state index is -0.589. The van der Waals surface area contributed by atoms with E-state index in [0.717, 1.165) is 6.20 Å². The predicted molar refractivity (Wildman–Crippen MR) is 76.8 cm³/mol. The fourth-order valence-electron chi connectivity index (χ4n) is 1.99. The van der Waals surface area contributed by atoms with E-state index in [2.05, 4.69) is 4.98 Å². The molecule has 110 valence electrons. The van der Waals surface area contributed by atoms with Crippen molar-refractivity contribution in [2.75, 3.05) is 13.7 Å². The van der Waals surface area contributed by atoms with Crippen LogP contribution in [0.2, 0.25) is 0 Å². The van der Waals surface area contributed by atoms with Crippen molar-refractivity contribution in [1.82, 2.24) is 4.98 Å². The van der Waals surface area contributed by atoms with Gasteiger partial charge in [0.1, 0.15) is 11.4 Å². The summed E-state index contributed by atoms with van der Waals surface area (Å²) in [7, 11) is 1.52. The number of aromatic nitrogens is 1. The predicted octanol–water partition coefficient (Wildman–Crippen LogP) is 2.60. The molecule has 0 aliphatic rings. The molecule has 0 unspecified atom stereocenters. The van der Waals surface area contributed by atoms with Crippen LogP contribution in [0.4, 0.5) is 0 Å². The first-order valence-corrected chi connectivity index (χ1v) is 6.25. The van der Waals surface area contributed by atoms with Crippen LogP contribution in [-0.2, 0) is 4.74 Å². The number of H-pyrrole nitrogens is 1. The van der Waals surface area contributed by atoms with Crippen molar-refractivity contribution < 1.29 is 19.2 Å². The van der Waals surface area contributed by atoms with Gasteiger partial charge in [0, 0.05) is 22.5 Å². The summed E-state index contributed by atoms with van der Waals surface area (Å²) in [4.78, 5) is 24.8. The summed E-state index contributed by atoms with van der Waals surface area (Å²) in [5.74, 6) is 0.0309. The average Bonchev–Trinajstić information content (AvgIpc) is 2.83. The van der Waals surface area contributed by atoms with Crippen LogP contribution < -0.4 is 4.74 Å². The highest BCUT2D eigenvalue weighted by atomic mass is 16.6. The molecule has 0 saturated carbocycles. The number of nitrogens with zero attached hydrogens (tertiary/aromatic N) is 1. The summed E-state index contributed by atoms with van der Waals surface area (Å²) in [5.41, 5.74) is 1.25. The summed E-state index contributed by atoms with van der Waals surface area (Å²) in [5, 5.41) is 11.2. The van der Waals surface area contributed by atoms with Crippen molar-refractivity contribution in [2.45, 2.75) is 6.92 Å². The van der Waals surface area contributed by atoms with Crippen molar-refractivity contribution in [1.29, 1.82) is 0 Å². The molecule has 21 heavy (non-hydrogen) atoms. The minimum absolute atomic E-state index is 0.179. The topological polar surface area (TPSA) is 94.5 Å². The van der Waals surface area contributed by atoms with E-state index in [1.165, 1.54) is 13.2 Å². The van der Waals surface area contributed by atoms with Crippen LogP contribution in [-0.4, -0.2) is 29.6 Å². The lowest BCUT2D eigenvalue weighted by Crippen LogP contribution is -2.06. The van der Waals surface area contributed by atoms with Gasteiger partial charge in [-0.15, -0.1) is 0 Å². The number of aromatic amines is 1. The Kier molecular flexibility index (Phi) is 4.22. The zero-order chi connectivity index (χ0) is 15.4. The number of fused-ring (bicyclic) bond motifs is 1. The van der Waals surface area contributed by atoms with E-state index < -0.39 is 10.9 Å². The van der Waals surface area contributed by atoms with Crippen LogP contribution in [0.3, 0.4) is 0 Å². The second-order valence-corrected chi connectivity index (χ2v) is 4.15. The van der Waals surface area contributed by atoms with Gasteiger partial charge in [-0.3, -0.25) is 10.1 Å². The number of hydrogen-bond acceptors (Lipinski definition) is 5. The Hall–Kier alpha value is -2.83. The van der Waals surface area contributed by atoms with Gasteiger partial charge < -0.3 is 14.5 Å². The van der Waals surface area contributed by atoms with Crippen LogP contribution in [0.1, 0.15) is 23.0 Å². The summed E-state index contributed by atoms with van der Waals surface area (Å²) >= 11 is 0. The molecule has 2 aromatic rings. The Balaban J connectivity index is 2.63. The molecule has 1 N–H and O–H groups in total. The van der Waals surface area contributed by atoms with Gasteiger partial charge in [-0.2, -0.15) is 0 Å². The molecule has 0 amide bonds. The first-order valence-electron chi connectivity index (χ1n) is 6.25. The van der Waals surface area contributed by atoms with Crippen LogP contribution in [0.15, 0.2) is 24.4 Å². The SMILES string of the molecule is CCOC(=O)c1[nH]c2ccc(OC)cc2c1C=C[N+](=O)[O-]. The fourth-order valence-corrected chi connectivity index (χ4v) is 1.99. The van der Waals surface area contributed by atoms with E-state index >= 15 is 0 Å². The zero-order valence-corrected chi connectivity index (χ0v) is 11.6. The maximum Gasteiger partial charge on any atom is 0.355 e. The second kappa shape index (κ2) is 6.08. The van der Waals surface area contributed by atoms with Gasteiger partial charge >= 0.3 is 5.97 Å². The molecule has 0 aliphatic heterocycles. The van der Waals surface area contributed by atoms with Crippen LogP contribution in [0.25, 0.3) is 17.0 Å². The van der Waals surface area contributed by atoms with Crippen LogP contribution in [0, 0.1) is 10.1 Å². The highest BCUT2D eigenvalue weighted by molar-refractivity contribution is 6.02. The number of nitro groups is 1. The lowest BCUT2D eigenvalue weighted by molar-refractivity contribution is -0.400. The second-order valence-electron chi connectivity index (χ2n) is 4.15. The lowest BCUT2D eigenvalue weighted by Gasteiger charge is -2.00. The first-order chi connectivity index (χ1) is 10.1. The molecule has 0 bridgehead atoms. The molecule has 0 spiro atoms. The van der Waals surface area contributed by atoms with E-state index in [1.54, 1.807) is 25.1 Å². The molecule has 2 rings (SSSR count). The third-order valence-corrected chi connectivity index (χ3v) is 2.89. The van der Waals surface area contributed by atoms with Crippen molar-refractivity contribution >= 4 is 22.9 Å². The monoisotopic (exact) mass is 290 g/mol. The summed E-state index contributed by atoms with van der Waals surface area (Å²) < 4.78 is 10.1. The number of carbonyl (C=O) groups excluding carboxylic acids is 1. The van der Waals surface area contributed by atoms with E-state index in [9.17, 15) is 14.9 Å². The standard InChI is InChI=1S/C14H14N2O5/c1-3-21-14(17)13-10(6-7-16(18)19)11-8-9(20-2)4-5-12(11)15-13/h4-8,15H,3H2,1-2H3. The van der Waals surface area contributed by atoms with E-state index in [0.29, 0.717) is 22.2 Å². The Bertz CT molecular complexity index is 717. The maximum atomic E-state index is 11.9. The minimum Gasteiger partial charge on any atom is -0.497 e. The van der Waals surface area contributed by atoms with Gasteiger partial charge in [-0.05, 0) is 25.1 Å². The third kappa shape index (κ3) is 3.02. The zero-order valence-electron chi connectivity index (χ0n) is 11.6. The maximum absolute atomic E-state index is 11.9. The number of carbonyl (C=O) groups is 1. The normalized spacial score (nSPS) is 11.0. The number of nitrogens with one attached hydrogen (secondary N) is 1. The summed E-state index contributed by atoms with van der Waals surface area (Å²) in [6, 6.07) is 5.17. The number of methoxy groups -OCH3 is 1. The molecule has 7 nitrogen and oxygen atoms in total. The van der Waals surface area contributed by atoms with Gasteiger partial charge in [0.05, 0.1) is 18.6 Å². The summed E-state index contributed by atoms with van der Waals surface area (Å²) in [6.07, 6.45) is 2.05. The van der Waals surface area contributed by atoms with E-state index in [1.807, 2.05) is 0 Å². The number of hydrogen-bond donors (Lipinski definition) is 1. The lowest BCUT2D eigenvalue weighted by atomic mass is 10.1. The Morgan fingerprint density at radius 2 is 2.24 bits per heavy atom. The molecule has 0 aliphatic carbocycles. The first kappa shape index (κ1) is 14.6. The molecular formula is C14H14N2O5. The smallest absolute Gasteiger partial charge is 0.355 e. The molecule has 0 fully saturated rings.